The molecule has 0 bridgehead atoms. The van der Waals surface area contributed by atoms with E-state index in [1.165, 1.54) is 35.5 Å². The Morgan fingerprint density at radius 1 is 0.973 bits per heavy atom. The van der Waals surface area contributed by atoms with Crippen molar-refractivity contribution in [3.63, 3.8) is 0 Å². The fourth-order valence-electron chi connectivity index (χ4n) is 3.81. The molecule has 0 aliphatic carbocycles. The number of thioether (sulfide) groups is 1. The molecule has 0 radical (unpaired) electrons. The largest absolute Gasteiger partial charge is 0.417 e. The Morgan fingerprint density at radius 2 is 1.68 bits per heavy atom. The van der Waals surface area contributed by atoms with Gasteiger partial charge in [-0.25, -0.2) is 9.97 Å². The molecular weight excluding hydrogens is 539 g/mol. The molecule has 0 aliphatic heterocycles. The Morgan fingerprint density at radius 3 is 2.38 bits per heavy atom. The van der Waals surface area contributed by atoms with Crippen molar-refractivity contribution in [2.24, 2.45) is 0 Å². The number of alkyl halides is 3. The molecule has 5 aromatic rings. The molecule has 2 heterocycles. The molecular formula is C27H17ClF3N3OS2. The lowest BCUT2D eigenvalue weighted by atomic mass is 10.1. The summed E-state index contributed by atoms with van der Waals surface area (Å²) in [6.07, 6.45) is -3.20. The van der Waals surface area contributed by atoms with Gasteiger partial charge in [-0.05, 0) is 29.3 Å². The number of thiophene rings is 1. The van der Waals surface area contributed by atoms with E-state index in [-0.39, 0.29) is 5.69 Å². The average Bonchev–Trinajstić information content (AvgIpc) is 3.34. The highest BCUT2D eigenvalue weighted by Gasteiger charge is 2.34. The van der Waals surface area contributed by atoms with Crippen molar-refractivity contribution >= 4 is 56.5 Å². The number of rotatable bonds is 6. The maximum absolute atomic E-state index is 13.5. The molecule has 5 rings (SSSR count). The molecule has 10 heteroatoms. The molecule has 1 N–H and O–H groups in total. The topological polar surface area (TPSA) is 54.9 Å². The number of anilines is 1. The number of carbonyl (C=O) groups excluding carboxylic acids is 1. The molecule has 37 heavy (non-hydrogen) atoms. The highest BCUT2D eigenvalue weighted by molar-refractivity contribution is 8.00. The normalized spacial score (nSPS) is 12.4. The summed E-state index contributed by atoms with van der Waals surface area (Å²) < 4.78 is 40.1. The first-order valence-electron chi connectivity index (χ1n) is 11.0. The van der Waals surface area contributed by atoms with Gasteiger partial charge in [-0.3, -0.25) is 4.79 Å². The number of fused-ring (bicyclic) bond motifs is 1. The second kappa shape index (κ2) is 10.5. The van der Waals surface area contributed by atoms with Crippen LogP contribution in [0.1, 0.15) is 16.4 Å². The number of nitrogens with zero attached hydrogens (tertiary/aromatic N) is 2. The minimum Gasteiger partial charge on any atom is -0.325 e. The van der Waals surface area contributed by atoms with E-state index in [1.807, 2.05) is 41.8 Å². The second-order valence-corrected chi connectivity index (χ2v) is 10.3. The molecule has 0 spiro atoms. The van der Waals surface area contributed by atoms with Crippen LogP contribution in [0.25, 0.3) is 21.3 Å². The monoisotopic (exact) mass is 555 g/mol. The Bertz CT molecular complexity index is 1560. The highest BCUT2D eigenvalue weighted by atomic mass is 35.5. The fraction of sp³-hybridized carbons (Fsp3) is 0.0741. The van der Waals surface area contributed by atoms with Gasteiger partial charge in [-0.2, -0.15) is 13.2 Å². The Kier molecular flexibility index (Phi) is 7.19. The standard InChI is InChI=1S/C27H17ClF3N3OS2/c28-21-12-11-18(13-20(21)27(29,30)31)34-24(35)23(17-9-5-2-6-10-17)37-26-22-19(16-7-3-1-4-8-16)14-36-25(22)32-15-33-26/h1-15,23H,(H,34,35)/t23-/m0/s1. The molecule has 4 nitrogen and oxygen atoms in total. The highest BCUT2D eigenvalue weighted by Crippen LogP contribution is 2.43. The Labute approximate surface area is 223 Å². The Balaban J connectivity index is 1.53. The zero-order valence-corrected chi connectivity index (χ0v) is 21.3. The first kappa shape index (κ1) is 25.3. The summed E-state index contributed by atoms with van der Waals surface area (Å²) in [5.74, 6) is -0.491. The van der Waals surface area contributed by atoms with E-state index in [2.05, 4.69) is 15.3 Å². The third-order valence-corrected chi connectivity index (χ3v) is 8.00. The SMILES string of the molecule is O=C(Nc1ccc(Cl)c(C(F)(F)F)c1)[C@@H](Sc1ncnc2scc(-c3ccccc3)c12)c1ccccc1. The van der Waals surface area contributed by atoms with Crippen LogP contribution in [0.2, 0.25) is 5.02 Å². The summed E-state index contributed by atoms with van der Waals surface area (Å²) in [6.45, 7) is 0. The number of aromatic nitrogens is 2. The van der Waals surface area contributed by atoms with E-state index in [4.69, 9.17) is 11.6 Å². The second-order valence-electron chi connectivity index (χ2n) is 7.96. The smallest absolute Gasteiger partial charge is 0.325 e. The Hall–Kier alpha value is -3.40. The molecule has 0 unspecified atom stereocenters. The van der Waals surface area contributed by atoms with Gasteiger partial charge in [0.2, 0.25) is 5.91 Å². The van der Waals surface area contributed by atoms with Crippen molar-refractivity contribution in [1.82, 2.24) is 9.97 Å². The van der Waals surface area contributed by atoms with Crippen molar-refractivity contribution in [2.45, 2.75) is 16.5 Å². The van der Waals surface area contributed by atoms with Crippen LogP contribution in [0.3, 0.4) is 0 Å². The van der Waals surface area contributed by atoms with Crippen LogP contribution >= 0.6 is 34.7 Å². The molecule has 0 saturated heterocycles. The van der Waals surface area contributed by atoms with E-state index in [0.29, 0.717) is 10.6 Å². The third kappa shape index (κ3) is 5.49. The number of benzene rings is 3. The van der Waals surface area contributed by atoms with E-state index in [1.54, 1.807) is 24.3 Å². The van der Waals surface area contributed by atoms with Gasteiger partial charge in [0.05, 0.1) is 16.0 Å². The molecule has 0 fully saturated rings. The lowest BCUT2D eigenvalue weighted by Gasteiger charge is -2.18. The summed E-state index contributed by atoms with van der Waals surface area (Å²) in [5.41, 5.74) is 1.60. The van der Waals surface area contributed by atoms with E-state index in [0.717, 1.165) is 33.5 Å². The number of nitrogens with one attached hydrogen (secondary N) is 1. The van der Waals surface area contributed by atoms with Gasteiger partial charge in [-0.15, -0.1) is 11.3 Å². The maximum atomic E-state index is 13.5. The minimum atomic E-state index is -4.65. The summed E-state index contributed by atoms with van der Waals surface area (Å²) in [4.78, 5) is 23.2. The number of hydrogen-bond donors (Lipinski definition) is 1. The summed E-state index contributed by atoms with van der Waals surface area (Å²) >= 11 is 8.44. The molecule has 2 aromatic heterocycles. The quantitative estimate of drug-likeness (QED) is 0.168. The van der Waals surface area contributed by atoms with Crippen LogP contribution in [-0.2, 0) is 11.0 Å². The first-order valence-corrected chi connectivity index (χ1v) is 13.1. The summed E-state index contributed by atoms with van der Waals surface area (Å²) in [7, 11) is 0. The van der Waals surface area contributed by atoms with Gasteiger partial charge in [0.25, 0.3) is 0 Å². The van der Waals surface area contributed by atoms with Gasteiger partial charge in [0.1, 0.15) is 21.4 Å². The lowest BCUT2D eigenvalue weighted by Crippen LogP contribution is -2.19. The summed E-state index contributed by atoms with van der Waals surface area (Å²) in [5, 5.41) is 4.82. The van der Waals surface area contributed by atoms with E-state index in [9.17, 15) is 18.0 Å². The number of halogens is 4. The van der Waals surface area contributed by atoms with E-state index >= 15 is 0 Å². The third-order valence-electron chi connectivity index (χ3n) is 5.53. The van der Waals surface area contributed by atoms with Crippen molar-refractivity contribution in [1.29, 1.82) is 0 Å². The van der Waals surface area contributed by atoms with Crippen LogP contribution in [-0.4, -0.2) is 15.9 Å². The van der Waals surface area contributed by atoms with Gasteiger partial charge in [-0.1, -0.05) is 84.0 Å². The number of amides is 1. The number of hydrogen-bond acceptors (Lipinski definition) is 5. The fourth-order valence-corrected chi connectivity index (χ4v) is 6.13. The average molecular weight is 556 g/mol. The van der Waals surface area contributed by atoms with Gasteiger partial charge in [0.15, 0.2) is 0 Å². The molecule has 186 valence electrons. The van der Waals surface area contributed by atoms with Crippen LogP contribution in [0.5, 0.6) is 0 Å². The predicted octanol–water partition coefficient (Wildman–Crippen LogP) is 8.50. The van der Waals surface area contributed by atoms with Crippen LogP contribution in [0, 0.1) is 0 Å². The van der Waals surface area contributed by atoms with Crippen LogP contribution in [0.4, 0.5) is 18.9 Å². The minimum absolute atomic E-state index is 0.00315. The van der Waals surface area contributed by atoms with Crippen molar-refractivity contribution in [3.05, 3.63) is 107 Å². The predicted molar refractivity (Wildman–Crippen MR) is 143 cm³/mol. The van der Waals surface area contributed by atoms with Gasteiger partial charge in [0, 0.05) is 16.6 Å². The van der Waals surface area contributed by atoms with Crippen molar-refractivity contribution in [2.75, 3.05) is 5.32 Å². The zero-order chi connectivity index (χ0) is 26.0. The van der Waals surface area contributed by atoms with Crippen LogP contribution in [0.15, 0.2) is 95.6 Å². The maximum Gasteiger partial charge on any atom is 0.417 e. The first-order chi connectivity index (χ1) is 17.8. The molecule has 1 atom stereocenters. The molecule has 0 aliphatic rings. The number of carbonyl (C=O) groups is 1. The molecule has 1 amide bonds. The lowest BCUT2D eigenvalue weighted by molar-refractivity contribution is -0.137. The van der Waals surface area contributed by atoms with Crippen molar-refractivity contribution in [3.8, 4) is 11.1 Å². The van der Waals surface area contributed by atoms with Crippen LogP contribution < -0.4 is 5.32 Å². The van der Waals surface area contributed by atoms with Crippen molar-refractivity contribution < 1.29 is 18.0 Å². The summed E-state index contributed by atoms with van der Waals surface area (Å²) in [6, 6.07) is 22.1. The van der Waals surface area contributed by atoms with E-state index < -0.39 is 27.9 Å². The molecule has 3 aromatic carbocycles. The van der Waals surface area contributed by atoms with Gasteiger partial charge < -0.3 is 5.32 Å². The molecule has 0 saturated carbocycles. The van der Waals surface area contributed by atoms with Gasteiger partial charge >= 0.3 is 6.18 Å². The zero-order valence-electron chi connectivity index (χ0n) is 18.9.